The van der Waals surface area contributed by atoms with Gasteiger partial charge in [-0.1, -0.05) is 48.5 Å². The zero-order valence-electron chi connectivity index (χ0n) is 19.9. The third-order valence-electron chi connectivity index (χ3n) is 8.05. The summed E-state index contributed by atoms with van der Waals surface area (Å²) in [5.74, 6) is 0. The molecule has 2 nitrogen and oxygen atoms in total. The lowest BCUT2D eigenvalue weighted by Gasteiger charge is -2.42. The molecule has 0 bridgehead atoms. The van der Waals surface area contributed by atoms with E-state index in [4.69, 9.17) is 0 Å². The highest BCUT2D eigenvalue weighted by Crippen LogP contribution is 2.25. The van der Waals surface area contributed by atoms with Crippen LogP contribution in [0.4, 0.5) is 0 Å². The van der Waals surface area contributed by atoms with Crippen molar-refractivity contribution in [3.05, 3.63) is 71.3 Å². The molecule has 0 N–H and O–H groups in total. The summed E-state index contributed by atoms with van der Waals surface area (Å²) in [5.41, 5.74) is 4.62. The molecule has 2 saturated heterocycles. The average molecular weight is 421 g/mol. The van der Waals surface area contributed by atoms with Gasteiger partial charge < -0.3 is 8.97 Å². The molecular formula is C29H44N2+2. The molecule has 2 heteroatoms. The van der Waals surface area contributed by atoms with Crippen molar-refractivity contribution in [2.24, 2.45) is 0 Å². The third kappa shape index (κ3) is 6.67. The average Bonchev–Trinajstić information content (AvgIpc) is 2.80. The first kappa shape index (κ1) is 22.6. The molecule has 2 fully saturated rings. The molecule has 0 radical (unpaired) electrons. The third-order valence-corrected chi connectivity index (χ3v) is 8.05. The van der Waals surface area contributed by atoms with Gasteiger partial charge in [-0.2, -0.15) is 0 Å². The normalized spacial score (nSPS) is 20.4. The van der Waals surface area contributed by atoms with Gasteiger partial charge in [0.25, 0.3) is 0 Å². The first-order chi connectivity index (χ1) is 15.1. The summed E-state index contributed by atoms with van der Waals surface area (Å²) in [7, 11) is 2.48. The van der Waals surface area contributed by atoms with E-state index in [0.717, 1.165) is 0 Å². The standard InChI is InChI=1S/C29H44N2/c1-30(19-7-3-8-20-30)24-18-28-15-11-16-29(25-28)26-31(21-9-4-10-22-31)23-12-17-27-13-5-2-6-14-27/h2,5-6,11,13-16,25H,3-4,7-10,12,17-24,26H2,1H3/q+2. The van der Waals surface area contributed by atoms with Crippen LogP contribution in [0.2, 0.25) is 0 Å². The zero-order chi connectivity index (χ0) is 21.4. The molecule has 0 aromatic heterocycles. The van der Waals surface area contributed by atoms with E-state index in [2.05, 4.69) is 61.6 Å². The van der Waals surface area contributed by atoms with Crippen molar-refractivity contribution in [2.45, 2.75) is 64.3 Å². The number of likely N-dealkylation sites (tertiary alicyclic amines) is 2. The largest absolute Gasteiger partial charge is 0.326 e. The fourth-order valence-corrected chi connectivity index (χ4v) is 6.08. The van der Waals surface area contributed by atoms with E-state index in [1.54, 1.807) is 11.1 Å². The van der Waals surface area contributed by atoms with Crippen molar-refractivity contribution in [2.75, 3.05) is 46.3 Å². The molecule has 0 unspecified atom stereocenters. The van der Waals surface area contributed by atoms with Gasteiger partial charge in [-0.05, 0) is 62.1 Å². The molecular weight excluding hydrogens is 376 g/mol. The number of likely N-dealkylation sites (N-methyl/N-ethyl adjacent to an activating group) is 1. The Morgan fingerprint density at radius 3 is 2.00 bits per heavy atom. The lowest BCUT2D eigenvalue weighted by atomic mass is 10.0. The molecule has 31 heavy (non-hydrogen) atoms. The fourth-order valence-electron chi connectivity index (χ4n) is 6.08. The Morgan fingerprint density at radius 1 is 0.613 bits per heavy atom. The van der Waals surface area contributed by atoms with E-state index in [-0.39, 0.29) is 0 Å². The van der Waals surface area contributed by atoms with Gasteiger partial charge >= 0.3 is 0 Å². The summed E-state index contributed by atoms with van der Waals surface area (Å²) in [6.45, 7) is 9.35. The molecule has 2 aromatic rings. The van der Waals surface area contributed by atoms with Crippen molar-refractivity contribution in [1.29, 1.82) is 0 Å². The topological polar surface area (TPSA) is 0 Å². The van der Waals surface area contributed by atoms with Gasteiger partial charge in [0.1, 0.15) is 6.54 Å². The highest BCUT2D eigenvalue weighted by Gasteiger charge is 2.30. The van der Waals surface area contributed by atoms with Gasteiger partial charge in [-0.25, -0.2) is 0 Å². The number of piperidine rings is 2. The van der Waals surface area contributed by atoms with Crippen LogP contribution in [0.15, 0.2) is 54.6 Å². The highest BCUT2D eigenvalue weighted by atomic mass is 15.4. The summed E-state index contributed by atoms with van der Waals surface area (Å²) >= 11 is 0. The predicted octanol–water partition coefficient (Wildman–Crippen LogP) is 5.99. The van der Waals surface area contributed by atoms with Crippen LogP contribution in [0.5, 0.6) is 0 Å². The smallest absolute Gasteiger partial charge is 0.104 e. The lowest BCUT2D eigenvalue weighted by Crippen LogP contribution is -2.51. The maximum atomic E-state index is 2.54. The second-order valence-corrected chi connectivity index (χ2v) is 10.7. The molecule has 2 aliphatic heterocycles. The summed E-state index contributed by atoms with van der Waals surface area (Å²) in [6, 6.07) is 20.7. The minimum Gasteiger partial charge on any atom is -0.326 e. The fraction of sp³-hybridized carbons (Fsp3) is 0.586. The van der Waals surface area contributed by atoms with E-state index < -0.39 is 0 Å². The summed E-state index contributed by atoms with van der Waals surface area (Å²) in [6.07, 6.45) is 12.3. The first-order valence-corrected chi connectivity index (χ1v) is 13.0. The van der Waals surface area contributed by atoms with Crippen LogP contribution >= 0.6 is 0 Å². The van der Waals surface area contributed by atoms with Crippen molar-refractivity contribution in [1.82, 2.24) is 0 Å². The Morgan fingerprint density at radius 2 is 1.26 bits per heavy atom. The van der Waals surface area contributed by atoms with Gasteiger partial charge in [-0.3, -0.25) is 0 Å². The minimum atomic E-state index is 1.22. The van der Waals surface area contributed by atoms with Gasteiger partial charge in [0, 0.05) is 18.4 Å². The molecule has 2 aromatic carbocycles. The highest BCUT2D eigenvalue weighted by molar-refractivity contribution is 5.23. The van der Waals surface area contributed by atoms with Crippen LogP contribution in [0.3, 0.4) is 0 Å². The molecule has 0 aliphatic carbocycles. The van der Waals surface area contributed by atoms with Crippen molar-refractivity contribution >= 4 is 0 Å². The van der Waals surface area contributed by atoms with Gasteiger partial charge in [0.05, 0.1) is 46.3 Å². The van der Waals surface area contributed by atoms with Crippen molar-refractivity contribution in [3.63, 3.8) is 0 Å². The Balaban J connectivity index is 1.36. The van der Waals surface area contributed by atoms with E-state index in [1.165, 1.54) is 118 Å². The second-order valence-electron chi connectivity index (χ2n) is 10.7. The number of aryl methyl sites for hydroxylation is 1. The molecule has 0 spiro atoms. The van der Waals surface area contributed by atoms with Gasteiger partial charge in [0.15, 0.2) is 0 Å². The van der Waals surface area contributed by atoms with E-state index in [0.29, 0.717) is 0 Å². The molecule has 0 saturated carbocycles. The molecule has 4 rings (SSSR count). The van der Waals surface area contributed by atoms with Gasteiger partial charge in [0.2, 0.25) is 0 Å². The first-order valence-electron chi connectivity index (χ1n) is 13.0. The van der Waals surface area contributed by atoms with Gasteiger partial charge in [-0.15, -0.1) is 0 Å². The Hall–Kier alpha value is -1.64. The van der Waals surface area contributed by atoms with Crippen LogP contribution in [0.25, 0.3) is 0 Å². The number of nitrogens with zero attached hydrogens (tertiary/aromatic N) is 2. The van der Waals surface area contributed by atoms with E-state index >= 15 is 0 Å². The Kier molecular flexibility index (Phi) is 7.85. The van der Waals surface area contributed by atoms with Crippen molar-refractivity contribution in [3.8, 4) is 0 Å². The van der Waals surface area contributed by atoms with Crippen LogP contribution in [-0.4, -0.2) is 55.3 Å². The Bertz CT molecular complexity index is 785. The molecule has 168 valence electrons. The zero-order valence-corrected chi connectivity index (χ0v) is 19.9. The van der Waals surface area contributed by atoms with Crippen LogP contribution in [0, 0.1) is 0 Å². The lowest BCUT2D eigenvalue weighted by molar-refractivity contribution is -0.945. The number of benzene rings is 2. The predicted molar refractivity (Wildman–Crippen MR) is 132 cm³/mol. The van der Waals surface area contributed by atoms with Crippen LogP contribution < -0.4 is 0 Å². The molecule has 0 atom stereocenters. The number of quaternary nitrogens is 2. The summed E-state index contributed by atoms with van der Waals surface area (Å²) < 4.78 is 2.59. The van der Waals surface area contributed by atoms with E-state index in [9.17, 15) is 0 Å². The Labute approximate surface area is 191 Å². The SMILES string of the molecule is C[N+]1(CCc2cccc(C[N+]3(CCCc4ccccc4)CCCCC3)c2)CCCCC1. The summed E-state index contributed by atoms with van der Waals surface area (Å²) in [5, 5.41) is 0. The maximum Gasteiger partial charge on any atom is 0.104 e. The molecule has 0 amide bonds. The van der Waals surface area contributed by atoms with E-state index in [1.807, 2.05) is 0 Å². The molecule has 2 aliphatic rings. The molecule has 2 heterocycles. The minimum absolute atomic E-state index is 1.22. The number of rotatable bonds is 9. The maximum absolute atomic E-state index is 2.54. The van der Waals surface area contributed by atoms with Crippen molar-refractivity contribution < 1.29 is 8.97 Å². The number of hydrogen-bond acceptors (Lipinski definition) is 0. The number of hydrogen-bond donors (Lipinski definition) is 0. The van der Waals surface area contributed by atoms with Crippen LogP contribution in [-0.2, 0) is 19.4 Å². The van der Waals surface area contributed by atoms with Crippen LogP contribution in [0.1, 0.15) is 61.6 Å². The monoisotopic (exact) mass is 420 g/mol. The quantitative estimate of drug-likeness (QED) is 0.437. The second kappa shape index (κ2) is 10.8. The summed E-state index contributed by atoms with van der Waals surface area (Å²) in [4.78, 5) is 0.